The lowest BCUT2D eigenvalue weighted by molar-refractivity contribution is -0.384. The lowest BCUT2D eigenvalue weighted by Crippen LogP contribution is -2.22. The van der Waals surface area contributed by atoms with E-state index in [2.05, 4.69) is 33.1 Å². The molecule has 0 amide bonds. The molecule has 0 radical (unpaired) electrons. The summed E-state index contributed by atoms with van der Waals surface area (Å²) in [5.41, 5.74) is 0.725. The third-order valence-corrected chi connectivity index (χ3v) is 4.05. The van der Waals surface area contributed by atoms with E-state index in [1.54, 1.807) is 12.1 Å². The molecular formula is C13H18BrN3O2. The molecule has 0 bridgehead atoms. The van der Waals surface area contributed by atoms with E-state index in [9.17, 15) is 10.1 Å². The van der Waals surface area contributed by atoms with Crippen LogP contribution in [-0.4, -0.2) is 36.0 Å². The van der Waals surface area contributed by atoms with E-state index in [-0.39, 0.29) is 10.6 Å². The van der Waals surface area contributed by atoms with Crippen LogP contribution in [0.3, 0.4) is 0 Å². The van der Waals surface area contributed by atoms with Crippen molar-refractivity contribution < 1.29 is 4.92 Å². The molecule has 1 aliphatic heterocycles. The third-order valence-electron chi connectivity index (χ3n) is 3.55. The maximum atomic E-state index is 11.0. The first-order chi connectivity index (χ1) is 9.10. The van der Waals surface area contributed by atoms with Crippen LogP contribution in [0.1, 0.15) is 13.3 Å². The summed E-state index contributed by atoms with van der Waals surface area (Å²) in [4.78, 5) is 13.0. The van der Waals surface area contributed by atoms with Crippen LogP contribution in [0.15, 0.2) is 22.7 Å². The molecule has 1 aromatic carbocycles. The molecule has 5 nitrogen and oxygen atoms in total. The highest BCUT2D eigenvalue weighted by atomic mass is 79.9. The summed E-state index contributed by atoms with van der Waals surface area (Å²) in [6, 6.07) is 4.99. The molecule has 0 aromatic heterocycles. The van der Waals surface area contributed by atoms with E-state index in [1.807, 2.05) is 0 Å². The van der Waals surface area contributed by atoms with Crippen LogP contribution in [-0.2, 0) is 0 Å². The summed E-state index contributed by atoms with van der Waals surface area (Å²) in [7, 11) is 0. The van der Waals surface area contributed by atoms with Gasteiger partial charge in [0.25, 0.3) is 5.69 Å². The molecule has 1 fully saturated rings. The van der Waals surface area contributed by atoms with Gasteiger partial charge >= 0.3 is 0 Å². The van der Waals surface area contributed by atoms with Gasteiger partial charge in [0.1, 0.15) is 5.69 Å². The van der Waals surface area contributed by atoms with Gasteiger partial charge in [0.2, 0.25) is 0 Å². The van der Waals surface area contributed by atoms with Gasteiger partial charge in [0.15, 0.2) is 0 Å². The summed E-state index contributed by atoms with van der Waals surface area (Å²) < 4.78 is 0.849. The van der Waals surface area contributed by atoms with Gasteiger partial charge in [-0.1, -0.05) is 22.9 Å². The number of likely N-dealkylation sites (tertiary alicyclic amines) is 1. The summed E-state index contributed by atoms with van der Waals surface area (Å²) in [6.45, 7) is 6.23. The van der Waals surface area contributed by atoms with E-state index >= 15 is 0 Å². The van der Waals surface area contributed by atoms with E-state index in [0.29, 0.717) is 11.6 Å². The van der Waals surface area contributed by atoms with Gasteiger partial charge in [0, 0.05) is 23.6 Å². The van der Waals surface area contributed by atoms with Gasteiger partial charge in [-0.25, -0.2) is 0 Å². The zero-order valence-electron chi connectivity index (χ0n) is 10.9. The van der Waals surface area contributed by atoms with Gasteiger partial charge in [-0.15, -0.1) is 0 Å². The van der Waals surface area contributed by atoms with Crippen molar-refractivity contribution in [2.75, 3.05) is 31.5 Å². The maximum Gasteiger partial charge on any atom is 0.292 e. The van der Waals surface area contributed by atoms with Crippen LogP contribution in [0, 0.1) is 16.0 Å². The predicted molar refractivity (Wildman–Crippen MR) is 79.5 cm³/mol. The fourth-order valence-electron chi connectivity index (χ4n) is 2.43. The minimum atomic E-state index is -0.345. The number of hydrogen-bond donors (Lipinski definition) is 1. The molecule has 2 rings (SSSR count). The lowest BCUT2D eigenvalue weighted by Gasteiger charge is -2.14. The molecule has 1 atom stereocenters. The molecule has 0 aliphatic carbocycles. The van der Waals surface area contributed by atoms with Crippen molar-refractivity contribution in [3.63, 3.8) is 0 Å². The molecule has 1 saturated heterocycles. The highest BCUT2D eigenvalue weighted by molar-refractivity contribution is 9.10. The summed E-state index contributed by atoms with van der Waals surface area (Å²) >= 11 is 3.35. The number of benzene rings is 1. The van der Waals surface area contributed by atoms with E-state index in [1.165, 1.54) is 6.07 Å². The molecule has 0 saturated carbocycles. The van der Waals surface area contributed by atoms with Crippen molar-refractivity contribution >= 4 is 27.3 Å². The Morgan fingerprint density at radius 2 is 2.37 bits per heavy atom. The number of anilines is 1. The normalized spacial score (nSPS) is 19.6. The second kappa shape index (κ2) is 6.34. The van der Waals surface area contributed by atoms with Crippen molar-refractivity contribution in [3.05, 3.63) is 32.8 Å². The fraction of sp³-hybridized carbons (Fsp3) is 0.538. The van der Waals surface area contributed by atoms with Gasteiger partial charge in [-0.05, 0) is 37.6 Å². The number of nitrogens with one attached hydrogen (secondary N) is 1. The van der Waals surface area contributed by atoms with Gasteiger partial charge < -0.3 is 10.2 Å². The molecule has 1 heterocycles. The lowest BCUT2D eigenvalue weighted by atomic mass is 10.1. The summed E-state index contributed by atoms with van der Waals surface area (Å²) in [5.74, 6) is 0.568. The monoisotopic (exact) mass is 327 g/mol. The average Bonchev–Trinajstić information content (AvgIpc) is 2.84. The van der Waals surface area contributed by atoms with Crippen LogP contribution < -0.4 is 5.32 Å². The largest absolute Gasteiger partial charge is 0.379 e. The van der Waals surface area contributed by atoms with E-state index < -0.39 is 0 Å². The highest BCUT2D eigenvalue weighted by Crippen LogP contribution is 2.28. The van der Waals surface area contributed by atoms with Crippen LogP contribution in [0.4, 0.5) is 11.4 Å². The van der Waals surface area contributed by atoms with Gasteiger partial charge in [0.05, 0.1) is 4.92 Å². The SMILES string of the molecule is CCN1CCC(CNc2cc(Br)ccc2[N+](=O)[O-])C1. The summed E-state index contributed by atoms with van der Waals surface area (Å²) in [6.07, 6.45) is 1.16. The Hall–Kier alpha value is -1.14. The first kappa shape index (κ1) is 14.3. The zero-order chi connectivity index (χ0) is 13.8. The Bertz CT molecular complexity index is 467. The van der Waals surface area contributed by atoms with Crippen LogP contribution in [0.5, 0.6) is 0 Å². The average molecular weight is 328 g/mol. The number of hydrogen-bond acceptors (Lipinski definition) is 4. The van der Waals surface area contributed by atoms with Crippen molar-refractivity contribution in [1.29, 1.82) is 0 Å². The molecule has 104 valence electrons. The Kier molecular flexibility index (Phi) is 4.76. The minimum Gasteiger partial charge on any atom is -0.379 e. The van der Waals surface area contributed by atoms with Crippen LogP contribution in [0.25, 0.3) is 0 Å². The molecule has 6 heteroatoms. The Balaban J connectivity index is 1.99. The van der Waals surface area contributed by atoms with Gasteiger partial charge in [-0.3, -0.25) is 10.1 Å². The number of rotatable bonds is 5. The topological polar surface area (TPSA) is 58.4 Å². The first-order valence-electron chi connectivity index (χ1n) is 6.50. The Morgan fingerprint density at radius 3 is 3.00 bits per heavy atom. The van der Waals surface area contributed by atoms with Crippen molar-refractivity contribution in [3.8, 4) is 0 Å². The van der Waals surface area contributed by atoms with E-state index in [4.69, 9.17) is 0 Å². The standard InChI is InChI=1S/C13H18BrN3O2/c1-2-16-6-5-10(9-16)8-15-12-7-11(14)3-4-13(12)17(18)19/h3-4,7,10,15H,2,5-6,8-9H2,1H3. The third kappa shape index (κ3) is 3.67. The van der Waals surface area contributed by atoms with Crippen molar-refractivity contribution in [2.24, 2.45) is 5.92 Å². The fourth-order valence-corrected chi connectivity index (χ4v) is 2.79. The molecule has 1 aromatic rings. The minimum absolute atomic E-state index is 0.133. The van der Waals surface area contributed by atoms with Crippen LogP contribution in [0.2, 0.25) is 0 Å². The summed E-state index contributed by atoms with van der Waals surface area (Å²) in [5, 5.41) is 14.2. The van der Waals surface area contributed by atoms with Crippen LogP contribution >= 0.6 is 15.9 Å². The number of nitrogens with zero attached hydrogens (tertiary/aromatic N) is 2. The number of nitro benzene ring substituents is 1. The molecular weight excluding hydrogens is 310 g/mol. The first-order valence-corrected chi connectivity index (χ1v) is 7.29. The quantitative estimate of drug-likeness (QED) is 0.666. The predicted octanol–water partition coefficient (Wildman–Crippen LogP) is 3.11. The zero-order valence-corrected chi connectivity index (χ0v) is 12.5. The second-order valence-corrected chi connectivity index (χ2v) is 5.76. The smallest absolute Gasteiger partial charge is 0.292 e. The molecule has 19 heavy (non-hydrogen) atoms. The molecule has 1 unspecified atom stereocenters. The van der Waals surface area contributed by atoms with Crippen molar-refractivity contribution in [1.82, 2.24) is 4.90 Å². The molecule has 1 aliphatic rings. The highest BCUT2D eigenvalue weighted by Gasteiger charge is 2.22. The van der Waals surface area contributed by atoms with E-state index in [0.717, 1.165) is 37.1 Å². The van der Waals surface area contributed by atoms with Crippen molar-refractivity contribution in [2.45, 2.75) is 13.3 Å². The second-order valence-electron chi connectivity index (χ2n) is 4.85. The molecule has 1 N–H and O–H groups in total. The number of nitro groups is 1. The maximum absolute atomic E-state index is 11.0. The number of halogens is 1. The van der Waals surface area contributed by atoms with Gasteiger partial charge in [-0.2, -0.15) is 0 Å². The Labute approximate surface area is 121 Å². The molecule has 0 spiro atoms. The Morgan fingerprint density at radius 1 is 1.58 bits per heavy atom.